The molecular weight excluding hydrogens is 326 g/mol. The van der Waals surface area contributed by atoms with Crippen LogP contribution in [0.2, 0.25) is 0 Å². The van der Waals surface area contributed by atoms with Gasteiger partial charge < -0.3 is 15.6 Å². The Morgan fingerprint density at radius 2 is 1.86 bits per heavy atom. The SMILES string of the molecule is CC(C)C[C@@H](O)[C@@H](N)c1cccc(OC(F)(F)C(F)F)c1.Cl. The summed E-state index contributed by atoms with van der Waals surface area (Å²) in [5.74, 6) is -0.223. The molecule has 1 aromatic carbocycles. The largest absolute Gasteiger partial charge is 0.461 e. The third-order valence-electron chi connectivity index (χ3n) is 2.88. The number of hydrogen-bond donors (Lipinski definition) is 2. The molecular formula is C14H20ClF4NO2. The zero-order chi connectivity index (χ0) is 16.2. The van der Waals surface area contributed by atoms with Crippen molar-refractivity contribution in [2.45, 2.75) is 44.9 Å². The van der Waals surface area contributed by atoms with E-state index in [-0.39, 0.29) is 18.3 Å². The van der Waals surface area contributed by atoms with Crippen molar-refractivity contribution < 1.29 is 27.4 Å². The van der Waals surface area contributed by atoms with Gasteiger partial charge in [-0.15, -0.1) is 12.4 Å². The number of ether oxygens (including phenoxy) is 1. The van der Waals surface area contributed by atoms with E-state index in [1.165, 1.54) is 12.1 Å². The molecule has 0 saturated carbocycles. The van der Waals surface area contributed by atoms with E-state index in [0.29, 0.717) is 12.0 Å². The summed E-state index contributed by atoms with van der Waals surface area (Å²) in [4.78, 5) is 0. The van der Waals surface area contributed by atoms with Gasteiger partial charge in [0, 0.05) is 0 Å². The molecule has 0 bridgehead atoms. The average molecular weight is 346 g/mol. The highest BCUT2D eigenvalue weighted by atomic mass is 35.5. The smallest absolute Gasteiger partial charge is 0.428 e. The van der Waals surface area contributed by atoms with Crippen LogP contribution < -0.4 is 10.5 Å². The number of aliphatic hydroxyl groups is 1. The molecule has 0 radical (unpaired) electrons. The van der Waals surface area contributed by atoms with E-state index in [0.717, 1.165) is 12.1 Å². The maximum absolute atomic E-state index is 12.8. The molecule has 0 aliphatic carbocycles. The third kappa shape index (κ3) is 5.98. The fourth-order valence-electron chi connectivity index (χ4n) is 1.84. The molecule has 0 aromatic heterocycles. The Morgan fingerprint density at radius 3 is 2.36 bits per heavy atom. The number of nitrogens with two attached hydrogens (primary N) is 1. The first-order valence-electron chi connectivity index (χ1n) is 6.52. The molecule has 2 atom stereocenters. The van der Waals surface area contributed by atoms with E-state index in [2.05, 4.69) is 4.74 Å². The first kappa shape index (κ1) is 20.9. The number of alkyl halides is 4. The van der Waals surface area contributed by atoms with Crippen molar-refractivity contribution in [2.75, 3.05) is 0 Å². The quantitative estimate of drug-likeness (QED) is 0.740. The summed E-state index contributed by atoms with van der Waals surface area (Å²) in [6.45, 7) is 3.80. The minimum atomic E-state index is -4.57. The van der Waals surface area contributed by atoms with Crippen LogP contribution in [-0.4, -0.2) is 23.7 Å². The monoisotopic (exact) mass is 345 g/mol. The van der Waals surface area contributed by atoms with Crippen molar-refractivity contribution in [3.63, 3.8) is 0 Å². The summed E-state index contributed by atoms with van der Waals surface area (Å²) < 4.78 is 53.9. The van der Waals surface area contributed by atoms with E-state index in [4.69, 9.17) is 5.73 Å². The predicted octanol–water partition coefficient (Wildman–Crippen LogP) is 3.75. The maximum atomic E-state index is 12.8. The fourth-order valence-corrected chi connectivity index (χ4v) is 1.84. The minimum absolute atomic E-state index is 0. The lowest BCUT2D eigenvalue weighted by molar-refractivity contribution is -0.253. The first-order chi connectivity index (χ1) is 9.63. The maximum Gasteiger partial charge on any atom is 0.461 e. The Kier molecular flexibility index (Phi) is 8.14. The van der Waals surface area contributed by atoms with Crippen molar-refractivity contribution >= 4 is 12.4 Å². The lowest BCUT2D eigenvalue weighted by Crippen LogP contribution is -2.33. The molecule has 1 aromatic rings. The number of aliphatic hydroxyl groups excluding tert-OH is 1. The molecule has 0 amide bonds. The van der Waals surface area contributed by atoms with E-state index < -0.39 is 30.4 Å². The highest BCUT2D eigenvalue weighted by molar-refractivity contribution is 5.85. The van der Waals surface area contributed by atoms with Gasteiger partial charge in [0.2, 0.25) is 0 Å². The first-order valence-corrected chi connectivity index (χ1v) is 6.52. The van der Waals surface area contributed by atoms with Gasteiger partial charge in [-0.3, -0.25) is 0 Å². The van der Waals surface area contributed by atoms with Crippen LogP contribution >= 0.6 is 12.4 Å². The molecule has 3 N–H and O–H groups in total. The average Bonchev–Trinajstić information content (AvgIpc) is 2.36. The Labute approximate surface area is 132 Å². The molecule has 0 heterocycles. The Bertz CT molecular complexity index is 460. The van der Waals surface area contributed by atoms with Crippen LogP contribution in [0.4, 0.5) is 17.6 Å². The highest BCUT2D eigenvalue weighted by Crippen LogP contribution is 2.29. The van der Waals surface area contributed by atoms with Gasteiger partial charge in [0.25, 0.3) is 0 Å². The van der Waals surface area contributed by atoms with Crippen LogP contribution in [0.3, 0.4) is 0 Å². The Balaban J connectivity index is 0.00000441. The normalized spacial score (nSPS) is 14.6. The van der Waals surface area contributed by atoms with Crippen LogP contribution in [0.15, 0.2) is 24.3 Å². The summed E-state index contributed by atoms with van der Waals surface area (Å²) in [6.07, 6.45) is -8.93. The lowest BCUT2D eigenvalue weighted by Gasteiger charge is -2.22. The van der Waals surface area contributed by atoms with Gasteiger partial charge in [-0.25, -0.2) is 0 Å². The molecule has 22 heavy (non-hydrogen) atoms. The van der Waals surface area contributed by atoms with E-state index in [9.17, 15) is 22.7 Å². The molecule has 8 heteroatoms. The molecule has 0 aliphatic rings. The van der Waals surface area contributed by atoms with Gasteiger partial charge in [-0.2, -0.15) is 17.6 Å². The Hall–Kier alpha value is -1.05. The summed E-state index contributed by atoms with van der Waals surface area (Å²) in [6, 6.07) is 4.32. The van der Waals surface area contributed by atoms with Crippen LogP contribution in [0.5, 0.6) is 5.75 Å². The molecule has 0 unspecified atom stereocenters. The number of benzene rings is 1. The Morgan fingerprint density at radius 1 is 1.27 bits per heavy atom. The summed E-state index contributed by atoms with van der Waals surface area (Å²) in [5, 5.41) is 9.92. The number of hydrogen-bond acceptors (Lipinski definition) is 3. The second-order valence-electron chi connectivity index (χ2n) is 5.26. The highest BCUT2D eigenvalue weighted by Gasteiger charge is 2.44. The van der Waals surface area contributed by atoms with Crippen LogP contribution in [0, 0.1) is 5.92 Å². The van der Waals surface area contributed by atoms with Crippen molar-refractivity contribution in [1.29, 1.82) is 0 Å². The van der Waals surface area contributed by atoms with Crippen LogP contribution in [-0.2, 0) is 0 Å². The van der Waals surface area contributed by atoms with E-state index in [1.54, 1.807) is 0 Å². The van der Waals surface area contributed by atoms with Crippen LogP contribution in [0.1, 0.15) is 31.9 Å². The molecule has 128 valence electrons. The molecule has 0 aliphatic heterocycles. The van der Waals surface area contributed by atoms with Crippen LogP contribution in [0.25, 0.3) is 0 Å². The van der Waals surface area contributed by atoms with E-state index >= 15 is 0 Å². The zero-order valence-electron chi connectivity index (χ0n) is 12.2. The summed E-state index contributed by atoms with van der Waals surface area (Å²) in [5.41, 5.74) is 6.18. The van der Waals surface area contributed by atoms with Gasteiger partial charge in [-0.05, 0) is 30.0 Å². The van der Waals surface area contributed by atoms with Gasteiger partial charge in [0.1, 0.15) is 5.75 Å². The molecule has 3 nitrogen and oxygen atoms in total. The minimum Gasteiger partial charge on any atom is -0.428 e. The van der Waals surface area contributed by atoms with Crippen molar-refractivity contribution in [1.82, 2.24) is 0 Å². The molecule has 1 rings (SSSR count). The second-order valence-corrected chi connectivity index (χ2v) is 5.26. The van der Waals surface area contributed by atoms with E-state index in [1.807, 2.05) is 13.8 Å². The van der Waals surface area contributed by atoms with Gasteiger partial charge in [0.05, 0.1) is 12.1 Å². The number of rotatable bonds is 7. The summed E-state index contributed by atoms with van der Waals surface area (Å²) >= 11 is 0. The second kappa shape index (κ2) is 8.55. The van der Waals surface area contributed by atoms with Crippen molar-refractivity contribution in [3.8, 4) is 5.75 Å². The third-order valence-corrected chi connectivity index (χ3v) is 2.88. The predicted molar refractivity (Wildman–Crippen MR) is 77.7 cm³/mol. The zero-order valence-corrected chi connectivity index (χ0v) is 13.0. The van der Waals surface area contributed by atoms with Crippen molar-refractivity contribution in [3.05, 3.63) is 29.8 Å². The molecule has 0 spiro atoms. The molecule has 0 fully saturated rings. The molecule has 0 saturated heterocycles. The number of halogens is 5. The van der Waals surface area contributed by atoms with Gasteiger partial charge >= 0.3 is 12.5 Å². The van der Waals surface area contributed by atoms with Crippen molar-refractivity contribution in [2.24, 2.45) is 11.7 Å². The standard InChI is InChI=1S/C14H19F4NO2.ClH/c1-8(2)6-11(20)12(19)9-4-3-5-10(7-9)21-14(17,18)13(15)16;/h3-5,7-8,11-13,20H,6,19H2,1-2H3;1H/t11-,12+;/m1./s1. The fraction of sp³-hybridized carbons (Fsp3) is 0.571. The van der Waals surface area contributed by atoms with Gasteiger partial charge in [-0.1, -0.05) is 26.0 Å². The topological polar surface area (TPSA) is 55.5 Å². The lowest BCUT2D eigenvalue weighted by atomic mass is 9.95. The van der Waals surface area contributed by atoms with Gasteiger partial charge in [0.15, 0.2) is 0 Å². The summed E-state index contributed by atoms with van der Waals surface area (Å²) in [7, 11) is 0.